The van der Waals surface area contributed by atoms with E-state index in [1.165, 1.54) is 0 Å². The van der Waals surface area contributed by atoms with Crippen LogP contribution in [0.5, 0.6) is 0 Å². The molecule has 1 aliphatic carbocycles. The summed E-state index contributed by atoms with van der Waals surface area (Å²) in [5.74, 6) is -9.45. The molecular weight excluding hydrogens is 171 g/mol. The number of halogens is 5. The molecule has 5 heteroatoms. The Morgan fingerprint density at radius 2 is 1.80 bits per heavy atom. The fourth-order valence-electron chi connectivity index (χ4n) is 0.893. The van der Waals surface area contributed by atoms with Gasteiger partial charge < -0.3 is 0 Å². The molecule has 10 heavy (non-hydrogen) atoms. The molecule has 1 rings (SSSR count). The summed E-state index contributed by atoms with van der Waals surface area (Å²) >= 11 is 5.00. The van der Waals surface area contributed by atoms with Crippen molar-refractivity contribution >= 4 is 11.6 Å². The summed E-state index contributed by atoms with van der Waals surface area (Å²) < 4.78 is 48.2. The Labute approximate surface area is 60.2 Å². The molecule has 0 heterocycles. The van der Waals surface area contributed by atoms with Crippen LogP contribution >= 0.6 is 11.6 Å². The number of rotatable bonds is 1. The Bertz CT molecular complexity index is 145. The summed E-state index contributed by atoms with van der Waals surface area (Å²) in [4.78, 5) is 0. The minimum atomic E-state index is -3.88. The lowest BCUT2D eigenvalue weighted by Crippen LogP contribution is -2.59. The van der Waals surface area contributed by atoms with Crippen molar-refractivity contribution in [3.05, 3.63) is 0 Å². The van der Waals surface area contributed by atoms with Gasteiger partial charge in [-0.15, -0.1) is 11.6 Å². The zero-order chi connectivity index (χ0) is 7.99. The fourth-order valence-corrected chi connectivity index (χ4v) is 1.20. The van der Waals surface area contributed by atoms with Crippen LogP contribution in [0.4, 0.5) is 17.6 Å². The lowest BCUT2D eigenvalue weighted by molar-refractivity contribution is -0.308. The third-order valence-electron chi connectivity index (χ3n) is 1.69. The van der Waals surface area contributed by atoms with Crippen molar-refractivity contribution in [2.45, 2.75) is 18.3 Å². The van der Waals surface area contributed by atoms with E-state index in [4.69, 9.17) is 11.6 Å². The second kappa shape index (κ2) is 2.00. The van der Waals surface area contributed by atoms with Crippen LogP contribution in [0.3, 0.4) is 0 Å². The normalized spacial score (nSPS) is 35.1. The molecule has 0 spiro atoms. The van der Waals surface area contributed by atoms with Gasteiger partial charge >= 0.3 is 11.8 Å². The van der Waals surface area contributed by atoms with Crippen molar-refractivity contribution in [3.63, 3.8) is 0 Å². The number of alkyl halides is 5. The Morgan fingerprint density at radius 3 is 1.90 bits per heavy atom. The molecule has 0 bridgehead atoms. The molecule has 1 saturated carbocycles. The van der Waals surface area contributed by atoms with Crippen molar-refractivity contribution in [1.82, 2.24) is 0 Å². The minimum absolute atomic E-state index is 0.400. The van der Waals surface area contributed by atoms with E-state index in [0.29, 0.717) is 0 Å². The van der Waals surface area contributed by atoms with Crippen LogP contribution in [0.25, 0.3) is 0 Å². The van der Waals surface area contributed by atoms with Crippen molar-refractivity contribution in [1.29, 1.82) is 0 Å². The highest BCUT2D eigenvalue weighted by Crippen LogP contribution is 2.55. The van der Waals surface area contributed by atoms with Gasteiger partial charge in [0.1, 0.15) is 0 Å². The molecule has 0 aliphatic heterocycles. The quantitative estimate of drug-likeness (QED) is 0.425. The summed E-state index contributed by atoms with van der Waals surface area (Å²) in [6.07, 6.45) is -0.788. The van der Waals surface area contributed by atoms with E-state index in [1.807, 2.05) is 0 Å². The predicted molar refractivity (Wildman–Crippen MR) is 28.7 cm³/mol. The van der Waals surface area contributed by atoms with Crippen LogP contribution in [0, 0.1) is 5.92 Å². The first kappa shape index (κ1) is 8.11. The molecule has 1 fully saturated rings. The summed E-state index contributed by atoms with van der Waals surface area (Å²) in [6.45, 7) is 0. The van der Waals surface area contributed by atoms with Gasteiger partial charge in [-0.05, 0) is 0 Å². The first-order valence-electron chi connectivity index (χ1n) is 2.73. The maximum atomic E-state index is 12.1. The topological polar surface area (TPSA) is 0 Å². The van der Waals surface area contributed by atoms with E-state index in [1.54, 1.807) is 0 Å². The largest absolute Gasteiger partial charge is 0.314 e. The van der Waals surface area contributed by atoms with Crippen LogP contribution < -0.4 is 0 Å². The molecule has 0 aromatic rings. The maximum absolute atomic E-state index is 12.1. The van der Waals surface area contributed by atoms with Crippen LogP contribution in [0.15, 0.2) is 0 Å². The second-order valence-electron chi connectivity index (χ2n) is 2.38. The van der Waals surface area contributed by atoms with Gasteiger partial charge in [-0.3, -0.25) is 0 Å². The van der Waals surface area contributed by atoms with E-state index in [9.17, 15) is 17.6 Å². The Kier molecular flexibility index (Phi) is 1.62. The highest BCUT2D eigenvalue weighted by molar-refractivity contribution is 6.18. The molecular formula is C5H5ClF4. The van der Waals surface area contributed by atoms with Crippen molar-refractivity contribution < 1.29 is 17.6 Å². The van der Waals surface area contributed by atoms with E-state index in [-0.39, 0.29) is 0 Å². The Balaban J connectivity index is 2.65. The molecule has 0 saturated heterocycles. The van der Waals surface area contributed by atoms with Crippen molar-refractivity contribution in [2.75, 3.05) is 5.88 Å². The average molecular weight is 177 g/mol. The van der Waals surface area contributed by atoms with Crippen molar-refractivity contribution in [3.8, 4) is 0 Å². The van der Waals surface area contributed by atoms with Crippen molar-refractivity contribution in [2.24, 2.45) is 5.92 Å². The summed E-state index contributed by atoms with van der Waals surface area (Å²) in [6, 6.07) is 0. The zero-order valence-electron chi connectivity index (χ0n) is 4.88. The molecule has 0 amide bonds. The average Bonchev–Trinajstić information content (AvgIpc) is 1.83. The molecule has 0 unspecified atom stereocenters. The Morgan fingerprint density at radius 1 is 1.30 bits per heavy atom. The van der Waals surface area contributed by atoms with Crippen LogP contribution in [-0.2, 0) is 0 Å². The highest BCUT2D eigenvalue weighted by Gasteiger charge is 2.70. The van der Waals surface area contributed by atoms with E-state index in [0.717, 1.165) is 0 Å². The molecule has 1 atom stereocenters. The van der Waals surface area contributed by atoms with Gasteiger partial charge in [-0.25, -0.2) is 0 Å². The van der Waals surface area contributed by atoms with Crippen LogP contribution in [-0.4, -0.2) is 17.7 Å². The number of hydrogen-bond donors (Lipinski definition) is 0. The molecule has 1 aliphatic rings. The first-order valence-corrected chi connectivity index (χ1v) is 3.27. The molecule has 0 aromatic heterocycles. The highest BCUT2D eigenvalue weighted by atomic mass is 35.5. The van der Waals surface area contributed by atoms with Gasteiger partial charge in [0.15, 0.2) is 0 Å². The minimum Gasteiger partial charge on any atom is -0.200 e. The standard InChI is InChI=1S/C5H5ClF4/c6-2-3-1-4(7,8)5(3,9)10/h3H,1-2H2/t3-/m1/s1. The lowest BCUT2D eigenvalue weighted by Gasteiger charge is -2.42. The third-order valence-corrected chi connectivity index (χ3v) is 2.06. The van der Waals surface area contributed by atoms with Gasteiger partial charge in [0.2, 0.25) is 0 Å². The van der Waals surface area contributed by atoms with E-state index in [2.05, 4.69) is 0 Å². The molecule has 0 N–H and O–H groups in total. The SMILES string of the molecule is FC1(F)C[C@H](CCl)C1(F)F. The third kappa shape index (κ3) is 0.813. The monoisotopic (exact) mass is 176 g/mol. The smallest absolute Gasteiger partial charge is 0.200 e. The number of hydrogen-bond acceptors (Lipinski definition) is 0. The van der Waals surface area contributed by atoms with E-state index < -0.39 is 30.1 Å². The molecule has 0 nitrogen and oxygen atoms in total. The van der Waals surface area contributed by atoms with Gasteiger partial charge in [0, 0.05) is 18.2 Å². The summed E-state index contributed by atoms with van der Waals surface area (Å²) in [5, 5.41) is 0. The Hall–Kier alpha value is 0.01000. The lowest BCUT2D eigenvalue weighted by atomic mass is 9.78. The van der Waals surface area contributed by atoms with Gasteiger partial charge in [-0.1, -0.05) is 0 Å². The first-order chi connectivity index (χ1) is 4.42. The van der Waals surface area contributed by atoms with Gasteiger partial charge in [0.25, 0.3) is 0 Å². The second-order valence-corrected chi connectivity index (χ2v) is 2.69. The van der Waals surface area contributed by atoms with Crippen LogP contribution in [0.1, 0.15) is 6.42 Å². The van der Waals surface area contributed by atoms with Crippen LogP contribution in [0.2, 0.25) is 0 Å². The summed E-state index contributed by atoms with van der Waals surface area (Å²) in [5.41, 5.74) is 0. The predicted octanol–water partition coefficient (Wildman–Crippen LogP) is 2.52. The summed E-state index contributed by atoms with van der Waals surface area (Å²) in [7, 11) is 0. The maximum Gasteiger partial charge on any atom is 0.314 e. The van der Waals surface area contributed by atoms with Gasteiger partial charge in [0.05, 0.1) is 0 Å². The fraction of sp³-hybridized carbons (Fsp3) is 1.00. The van der Waals surface area contributed by atoms with E-state index >= 15 is 0 Å². The molecule has 60 valence electrons. The molecule has 0 aromatic carbocycles. The van der Waals surface area contributed by atoms with Gasteiger partial charge in [-0.2, -0.15) is 17.6 Å². The zero-order valence-corrected chi connectivity index (χ0v) is 5.64. The molecule has 0 radical (unpaired) electrons.